The fourth-order valence-electron chi connectivity index (χ4n) is 3.07. The zero-order valence-electron chi connectivity index (χ0n) is 14.9. The van der Waals surface area contributed by atoms with Crippen LogP contribution in [0.3, 0.4) is 0 Å². The highest BCUT2D eigenvalue weighted by molar-refractivity contribution is 9.10. The first-order valence-electron chi connectivity index (χ1n) is 8.77. The molecule has 138 valence electrons. The van der Waals surface area contributed by atoms with Crippen LogP contribution >= 0.6 is 15.9 Å². The lowest BCUT2D eigenvalue weighted by atomic mass is 10.2. The van der Waals surface area contributed by atoms with E-state index in [1.165, 1.54) is 10.5 Å². The van der Waals surface area contributed by atoms with Crippen molar-refractivity contribution in [2.45, 2.75) is 6.54 Å². The number of rotatable bonds is 6. The molecule has 26 heavy (non-hydrogen) atoms. The van der Waals surface area contributed by atoms with Crippen molar-refractivity contribution in [3.05, 3.63) is 58.6 Å². The molecule has 1 heterocycles. The highest BCUT2D eigenvalue weighted by atomic mass is 79.9. The predicted octanol–water partition coefficient (Wildman–Crippen LogP) is 1.76. The fraction of sp³-hybridized carbons (Fsp3) is 0.350. The molecule has 0 saturated carbocycles. The summed E-state index contributed by atoms with van der Waals surface area (Å²) in [6.07, 6.45) is 0. The summed E-state index contributed by atoms with van der Waals surface area (Å²) in [6, 6.07) is 15.6. The van der Waals surface area contributed by atoms with E-state index in [0.29, 0.717) is 5.75 Å². The zero-order valence-corrected chi connectivity index (χ0v) is 16.5. The second kappa shape index (κ2) is 9.05. The van der Waals surface area contributed by atoms with E-state index in [2.05, 4.69) is 34.1 Å². The van der Waals surface area contributed by atoms with Crippen LogP contribution in [0.1, 0.15) is 5.56 Å². The standard InChI is InChI=1S/C20H23BrN2O3/c1-25-17-6-8-18(9-7-17)26-15-20(24)23-12-10-22(11-13-23)14-16-4-2-3-5-19(16)21/h2-9H,10-15H2,1H3/p+1. The third kappa shape index (κ3) is 4.99. The number of hydrogen-bond donors (Lipinski definition) is 1. The third-order valence-corrected chi connectivity index (χ3v) is 5.42. The van der Waals surface area contributed by atoms with Crippen LogP contribution in [-0.2, 0) is 11.3 Å². The van der Waals surface area contributed by atoms with Gasteiger partial charge in [0.25, 0.3) is 5.91 Å². The minimum atomic E-state index is 0.0424. The average Bonchev–Trinajstić information content (AvgIpc) is 2.69. The van der Waals surface area contributed by atoms with Crippen molar-refractivity contribution in [1.82, 2.24) is 4.90 Å². The van der Waals surface area contributed by atoms with Crippen molar-refractivity contribution in [1.29, 1.82) is 0 Å². The summed E-state index contributed by atoms with van der Waals surface area (Å²) in [4.78, 5) is 15.8. The summed E-state index contributed by atoms with van der Waals surface area (Å²) < 4.78 is 11.9. The van der Waals surface area contributed by atoms with E-state index in [4.69, 9.17) is 9.47 Å². The Morgan fingerprint density at radius 2 is 1.73 bits per heavy atom. The number of carbonyl (C=O) groups excluding carboxylic acids is 1. The molecule has 1 N–H and O–H groups in total. The Labute approximate surface area is 162 Å². The number of hydrogen-bond acceptors (Lipinski definition) is 3. The largest absolute Gasteiger partial charge is 0.497 e. The molecular formula is C20H24BrN2O3+. The van der Waals surface area contributed by atoms with Crippen molar-refractivity contribution in [3.8, 4) is 11.5 Å². The Morgan fingerprint density at radius 3 is 2.38 bits per heavy atom. The van der Waals surface area contributed by atoms with Gasteiger partial charge in [-0.2, -0.15) is 0 Å². The van der Waals surface area contributed by atoms with E-state index >= 15 is 0 Å². The lowest BCUT2D eigenvalue weighted by Crippen LogP contribution is -3.13. The molecular weight excluding hydrogens is 396 g/mol. The van der Waals surface area contributed by atoms with E-state index < -0.39 is 0 Å². The van der Waals surface area contributed by atoms with Gasteiger partial charge in [-0.3, -0.25) is 4.79 Å². The Hall–Kier alpha value is -2.05. The van der Waals surface area contributed by atoms with Gasteiger partial charge in [-0.05, 0) is 30.3 Å². The lowest BCUT2D eigenvalue weighted by Gasteiger charge is -2.32. The molecule has 0 bridgehead atoms. The van der Waals surface area contributed by atoms with Crippen LogP contribution in [0.25, 0.3) is 0 Å². The summed E-state index contributed by atoms with van der Waals surface area (Å²) in [5.74, 6) is 1.49. The Morgan fingerprint density at radius 1 is 1.08 bits per heavy atom. The van der Waals surface area contributed by atoms with Crippen LogP contribution in [0.4, 0.5) is 0 Å². The van der Waals surface area contributed by atoms with Gasteiger partial charge >= 0.3 is 0 Å². The van der Waals surface area contributed by atoms with Gasteiger partial charge in [0.15, 0.2) is 6.61 Å². The molecule has 1 aliphatic rings. The van der Waals surface area contributed by atoms with Crippen molar-refractivity contribution >= 4 is 21.8 Å². The molecule has 0 unspecified atom stereocenters. The Kier molecular flexibility index (Phi) is 6.52. The van der Waals surface area contributed by atoms with Crippen LogP contribution in [0.5, 0.6) is 11.5 Å². The SMILES string of the molecule is COc1ccc(OCC(=O)N2CC[NH+](Cc3ccccc3Br)CC2)cc1. The molecule has 5 nitrogen and oxygen atoms in total. The number of halogens is 1. The van der Waals surface area contributed by atoms with Gasteiger partial charge < -0.3 is 19.3 Å². The maximum atomic E-state index is 12.4. The second-order valence-electron chi connectivity index (χ2n) is 6.36. The van der Waals surface area contributed by atoms with E-state index in [9.17, 15) is 4.79 Å². The van der Waals surface area contributed by atoms with Crippen molar-refractivity contribution in [3.63, 3.8) is 0 Å². The van der Waals surface area contributed by atoms with Crippen molar-refractivity contribution in [2.24, 2.45) is 0 Å². The smallest absolute Gasteiger partial charge is 0.260 e. The topological polar surface area (TPSA) is 43.2 Å². The minimum Gasteiger partial charge on any atom is -0.497 e. The molecule has 0 aromatic heterocycles. The molecule has 2 aromatic rings. The van der Waals surface area contributed by atoms with Crippen LogP contribution in [0.15, 0.2) is 53.0 Å². The van der Waals surface area contributed by atoms with E-state index in [1.807, 2.05) is 35.2 Å². The van der Waals surface area contributed by atoms with Gasteiger partial charge in [-0.15, -0.1) is 0 Å². The normalized spacial score (nSPS) is 14.9. The highest BCUT2D eigenvalue weighted by Crippen LogP contribution is 2.17. The summed E-state index contributed by atoms with van der Waals surface area (Å²) in [6.45, 7) is 4.50. The third-order valence-electron chi connectivity index (χ3n) is 4.64. The van der Waals surface area contributed by atoms with E-state index in [1.54, 1.807) is 7.11 Å². The first kappa shape index (κ1) is 18.7. The van der Waals surface area contributed by atoms with E-state index in [0.717, 1.165) is 42.9 Å². The first-order chi connectivity index (χ1) is 12.7. The molecule has 0 atom stereocenters. The average molecular weight is 420 g/mol. The van der Waals surface area contributed by atoms with Gasteiger partial charge in [0.05, 0.1) is 33.3 Å². The maximum absolute atomic E-state index is 12.4. The number of carbonyl (C=O) groups is 1. The van der Waals surface area contributed by atoms with Gasteiger partial charge in [-0.1, -0.05) is 34.1 Å². The number of quaternary nitrogens is 1. The van der Waals surface area contributed by atoms with Crippen LogP contribution in [0.2, 0.25) is 0 Å². The molecule has 1 saturated heterocycles. The second-order valence-corrected chi connectivity index (χ2v) is 7.22. The minimum absolute atomic E-state index is 0.0424. The summed E-state index contributed by atoms with van der Waals surface area (Å²) in [5, 5.41) is 0. The van der Waals surface area contributed by atoms with Crippen LogP contribution in [-0.4, -0.2) is 50.7 Å². The number of benzene rings is 2. The first-order valence-corrected chi connectivity index (χ1v) is 9.56. The van der Waals surface area contributed by atoms with E-state index in [-0.39, 0.29) is 12.5 Å². The molecule has 0 aliphatic carbocycles. The molecule has 1 aliphatic heterocycles. The maximum Gasteiger partial charge on any atom is 0.260 e. The Bertz CT molecular complexity index is 728. The molecule has 2 aromatic carbocycles. The van der Waals surface area contributed by atoms with Gasteiger partial charge in [0.2, 0.25) is 0 Å². The van der Waals surface area contributed by atoms with Crippen LogP contribution < -0.4 is 14.4 Å². The number of amides is 1. The molecule has 1 fully saturated rings. The van der Waals surface area contributed by atoms with Crippen molar-refractivity contribution in [2.75, 3.05) is 39.9 Å². The van der Waals surface area contributed by atoms with Crippen LogP contribution in [0, 0.1) is 0 Å². The number of methoxy groups -OCH3 is 1. The molecule has 3 rings (SSSR count). The summed E-state index contributed by atoms with van der Waals surface area (Å²) >= 11 is 3.61. The number of ether oxygens (including phenoxy) is 2. The molecule has 0 spiro atoms. The monoisotopic (exact) mass is 419 g/mol. The quantitative estimate of drug-likeness (QED) is 0.775. The van der Waals surface area contributed by atoms with Gasteiger partial charge in [0, 0.05) is 10.0 Å². The number of nitrogens with zero attached hydrogens (tertiary/aromatic N) is 1. The summed E-state index contributed by atoms with van der Waals surface area (Å²) in [5.41, 5.74) is 1.31. The molecule has 6 heteroatoms. The summed E-state index contributed by atoms with van der Waals surface area (Å²) in [7, 11) is 1.62. The predicted molar refractivity (Wildman–Crippen MR) is 104 cm³/mol. The molecule has 1 amide bonds. The highest BCUT2D eigenvalue weighted by Gasteiger charge is 2.24. The van der Waals surface area contributed by atoms with Gasteiger partial charge in [-0.25, -0.2) is 0 Å². The molecule has 0 radical (unpaired) electrons. The van der Waals surface area contributed by atoms with Crippen molar-refractivity contribution < 1.29 is 19.2 Å². The zero-order chi connectivity index (χ0) is 18.4. The van der Waals surface area contributed by atoms with Gasteiger partial charge in [0.1, 0.15) is 18.0 Å². The lowest BCUT2D eigenvalue weighted by molar-refractivity contribution is -0.917. The fourth-order valence-corrected chi connectivity index (χ4v) is 3.49. The Balaban J connectivity index is 1.43. The number of piperazine rings is 1. The number of nitrogens with one attached hydrogen (secondary N) is 1.